The number of nitrogens with zero attached hydrogens (tertiary/aromatic N) is 6. The summed E-state index contributed by atoms with van der Waals surface area (Å²) in [4.78, 5) is 0. The molecule has 1 N–H and O–H groups in total. The molecule has 25 heavy (non-hydrogen) atoms. The van der Waals surface area contributed by atoms with E-state index in [2.05, 4.69) is 25.6 Å². The number of fused-ring (bicyclic) bond motifs is 1. The number of hydrogen-bond donors (Lipinski definition) is 1. The van der Waals surface area contributed by atoms with E-state index in [-0.39, 0.29) is 0 Å². The number of nitrogens with one attached hydrogen (secondary N) is 1. The van der Waals surface area contributed by atoms with Crippen molar-refractivity contribution < 1.29 is 0 Å². The summed E-state index contributed by atoms with van der Waals surface area (Å²) in [5.41, 5.74) is 3.97. The van der Waals surface area contributed by atoms with Crippen LogP contribution in [0.2, 0.25) is 0 Å². The summed E-state index contributed by atoms with van der Waals surface area (Å²) in [6.07, 6.45) is 1.76. The molecule has 4 rings (SSSR count). The summed E-state index contributed by atoms with van der Waals surface area (Å²) in [5, 5.41) is 19.8. The highest BCUT2D eigenvalue weighted by atomic mass is 32.1. The second-order valence-corrected chi connectivity index (χ2v) is 6.03. The number of rotatable bonds is 4. The highest BCUT2D eigenvalue weighted by Crippen LogP contribution is 2.11. The normalized spacial score (nSPS) is 11.6. The molecule has 2 heterocycles. The zero-order valence-electron chi connectivity index (χ0n) is 13.5. The molecule has 8 heteroatoms. The zero-order valence-corrected chi connectivity index (χ0v) is 14.3. The maximum Gasteiger partial charge on any atom is 0.216 e. The lowest BCUT2D eigenvalue weighted by atomic mass is 10.2. The second kappa shape index (κ2) is 6.40. The van der Waals surface area contributed by atoms with Crippen molar-refractivity contribution in [2.45, 2.75) is 13.5 Å². The van der Waals surface area contributed by atoms with Crippen molar-refractivity contribution in [1.82, 2.24) is 29.9 Å². The lowest BCUT2D eigenvalue weighted by Gasteiger charge is -2.02. The van der Waals surface area contributed by atoms with E-state index in [1.165, 1.54) is 5.56 Å². The van der Waals surface area contributed by atoms with Crippen LogP contribution < -0.4 is 0 Å². The van der Waals surface area contributed by atoms with Crippen molar-refractivity contribution in [3.63, 3.8) is 0 Å². The fourth-order valence-corrected chi connectivity index (χ4v) is 2.69. The van der Waals surface area contributed by atoms with Crippen LogP contribution in [0.25, 0.3) is 11.0 Å². The smallest absolute Gasteiger partial charge is 0.216 e. The minimum Gasteiger partial charge on any atom is -0.250 e. The molecule has 0 aliphatic rings. The SMILES string of the molecule is Cc1ccc(/C=N\n2c(Cn3nnc4ccccc43)n[nH]c2=S)cc1. The van der Waals surface area contributed by atoms with Gasteiger partial charge in [0.25, 0.3) is 0 Å². The Morgan fingerprint density at radius 1 is 1.16 bits per heavy atom. The first-order valence-corrected chi connectivity index (χ1v) is 8.17. The lowest BCUT2D eigenvalue weighted by Crippen LogP contribution is -2.08. The van der Waals surface area contributed by atoms with Crippen LogP contribution in [-0.4, -0.2) is 36.1 Å². The van der Waals surface area contributed by atoms with Crippen LogP contribution in [0, 0.1) is 11.7 Å². The van der Waals surface area contributed by atoms with E-state index in [1.807, 2.05) is 55.5 Å². The first-order valence-electron chi connectivity index (χ1n) is 7.76. The minimum atomic E-state index is 0.416. The van der Waals surface area contributed by atoms with E-state index in [0.29, 0.717) is 17.1 Å². The number of para-hydroxylation sites is 1. The van der Waals surface area contributed by atoms with Gasteiger partial charge in [0.15, 0.2) is 5.82 Å². The van der Waals surface area contributed by atoms with E-state index in [0.717, 1.165) is 16.6 Å². The molecule has 0 amide bonds. The van der Waals surface area contributed by atoms with Crippen molar-refractivity contribution in [1.29, 1.82) is 0 Å². The van der Waals surface area contributed by atoms with E-state index in [9.17, 15) is 0 Å². The number of aromatic nitrogens is 6. The molecular formula is C17H15N7S. The lowest BCUT2D eigenvalue weighted by molar-refractivity contribution is 0.617. The highest BCUT2D eigenvalue weighted by molar-refractivity contribution is 7.71. The Hall–Kier alpha value is -3.13. The van der Waals surface area contributed by atoms with E-state index in [1.54, 1.807) is 15.6 Å². The van der Waals surface area contributed by atoms with Crippen molar-refractivity contribution >= 4 is 29.5 Å². The molecule has 124 valence electrons. The molecule has 0 fully saturated rings. The van der Waals surface area contributed by atoms with Crippen molar-refractivity contribution in [3.8, 4) is 0 Å². The van der Waals surface area contributed by atoms with Gasteiger partial charge in [-0.05, 0) is 36.8 Å². The molecule has 0 aliphatic carbocycles. The molecular weight excluding hydrogens is 334 g/mol. The summed E-state index contributed by atoms with van der Waals surface area (Å²) in [6.45, 7) is 2.46. The van der Waals surface area contributed by atoms with Gasteiger partial charge in [-0.3, -0.25) is 5.10 Å². The molecule has 7 nitrogen and oxygen atoms in total. The average Bonchev–Trinajstić information content (AvgIpc) is 3.19. The molecule has 0 atom stereocenters. The van der Waals surface area contributed by atoms with Crippen molar-refractivity contribution in [2.24, 2.45) is 5.10 Å². The second-order valence-electron chi connectivity index (χ2n) is 5.65. The Labute approximate surface area is 148 Å². The third-order valence-electron chi connectivity index (χ3n) is 3.83. The van der Waals surface area contributed by atoms with Crippen LogP contribution in [0.15, 0.2) is 53.6 Å². The van der Waals surface area contributed by atoms with Crippen LogP contribution in [0.3, 0.4) is 0 Å². The Bertz CT molecular complexity index is 1100. The maximum absolute atomic E-state index is 5.29. The average molecular weight is 349 g/mol. The molecule has 4 aromatic rings. The standard InChI is InChI=1S/C17H15N7S/c1-12-6-8-13(9-7-12)10-18-24-16(20-21-17(24)25)11-23-15-5-3-2-4-14(15)19-22-23/h2-10H,11H2,1H3,(H,21,25)/b18-10-. The number of benzene rings is 2. The van der Waals surface area contributed by atoms with E-state index >= 15 is 0 Å². The monoisotopic (exact) mass is 349 g/mol. The van der Waals surface area contributed by atoms with Gasteiger partial charge >= 0.3 is 0 Å². The fourth-order valence-electron chi connectivity index (χ4n) is 2.49. The van der Waals surface area contributed by atoms with Crippen molar-refractivity contribution in [3.05, 3.63) is 70.3 Å². The molecule has 0 unspecified atom stereocenters. The van der Waals surface area contributed by atoms with Crippen LogP contribution in [-0.2, 0) is 6.54 Å². The van der Waals surface area contributed by atoms with Gasteiger partial charge in [-0.1, -0.05) is 47.2 Å². The van der Waals surface area contributed by atoms with Crippen molar-refractivity contribution in [2.75, 3.05) is 0 Å². The van der Waals surface area contributed by atoms with Gasteiger partial charge in [-0.25, -0.2) is 4.68 Å². The summed E-state index contributed by atoms with van der Waals surface area (Å²) in [5.74, 6) is 0.656. The van der Waals surface area contributed by atoms with Gasteiger partial charge in [-0.15, -0.1) is 5.10 Å². The molecule has 0 radical (unpaired) electrons. The number of H-pyrrole nitrogens is 1. The van der Waals surface area contributed by atoms with E-state index < -0.39 is 0 Å². The van der Waals surface area contributed by atoms with Gasteiger partial charge in [0, 0.05) is 0 Å². The first kappa shape index (κ1) is 15.4. The third-order valence-corrected chi connectivity index (χ3v) is 4.09. The van der Waals surface area contributed by atoms with Gasteiger partial charge in [-0.2, -0.15) is 14.9 Å². The van der Waals surface area contributed by atoms with Gasteiger partial charge in [0.2, 0.25) is 4.77 Å². The molecule has 0 bridgehead atoms. The Morgan fingerprint density at radius 3 is 2.80 bits per heavy atom. The summed E-state index contributed by atoms with van der Waals surface area (Å²) in [7, 11) is 0. The Balaban J connectivity index is 1.65. The predicted octanol–water partition coefficient (Wildman–Crippen LogP) is 2.92. The maximum atomic E-state index is 5.29. The van der Waals surface area contributed by atoms with Crippen LogP contribution in [0.4, 0.5) is 0 Å². The van der Waals surface area contributed by atoms with Crippen LogP contribution in [0.5, 0.6) is 0 Å². The topological polar surface area (TPSA) is 76.7 Å². The summed E-state index contributed by atoms with van der Waals surface area (Å²) < 4.78 is 3.81. The largest absolute Gasteiger partial charge is 0.250 e. The summed E-state index contributed by atoms with van der Waals surface area (Å²) in [6, 6.07) is 15.9. The number of aryl methyl sites for hydroxylation is 1. The number of hydrogen-bond acceptors (Lipinski definition) is 5. The molecule has 2 aromatic carbocycles. The molecule has 0 saturated heterocycles. The quantitative estimate of drug-likeness (QED) is 0.454. The highest BCUT2D eigenvalue weighted by Gasteiger charge is 2.10. The summed E-state index contributed by atoms with van der Waals surface area (Å²) >= 11 is 5.29. The van der Waals surface area contributed by atoms with E-state index in [4.69, 9.17) is 12.2 Å². The molecule has 0 aliphatic heterocycles. The molecule has 0 spiro atoms. The zero-order chi connectivity index (χ0) is 17.2. The Kier molecular flexibility index (Phi) is 3.95. The predicted molar refractivity (Wildman–Crippen MR) is 98.2 cm³/mol. The minimum absolute atomic E-state index is 0.416. The van der Waals surface area contributed by atoms with Gasteiger partial charge in [0.1, 0.15) is 12.1 Å². The Morgan fingerprint density at radius 2 is 1.96 bits per heavy atom. The number of aromatic amines is 1. The van der Waals surface area contributed by atoms with Crippen LogP contribution in [0.1, 0.15) is 17.0 Å². The third kappa shape index (κ3) is 3.11. The fraction of sp³-hybridized carbons (Fsp3) is 0.118. The van der Waals surface area contributed by atoms with Crippen LogP contribution >= 0.6 is 12.2 Å². The van der Waals surface area contributed by atoms with Gasteiger partial charge < -0.3 is 0 Å². The molecule has 0 saturated carbocycles. The molecule has 2 aromatic heterocycles. The van der Waals surface area contributed by atoms with Gasteiger partial charge in [0.05, 0.1) is 11.7 Å². The first-order chi connectivity index (χ1) is 12.2.